The summed E-state index contributed by atoms with van der Waals surface area (Å²) < 4.78 is 0. The third-order valence-electron chi connectivity index (χ3n) is 3.67. The zero-order valence-corrected chi connectivity index (χ0v) is 14.0. The molecule has 1 N–H and O–H groups in total. The number of hydrogen-bond acceptors (Lipinski definition) is 2. The molecule has 21 heavy (non-hydrogen) atoms. The summed E-state index contributed by atoms with van der Waals surface area (Å²) in [6.07, 6.45) is 0. The van der Waals surface area contributed by atoms with Gasteiger partial charge >= 0.3 is 0 Å². The van der Waals surface area contributed by atoms with Crippen molar-refractivity contribution in [2.45, 2.75) is 37.6 Å². The Hall–Kier alpha value is -1.25. The van der Waals surface area contributed by atoms with E-state index in [-0.39, 0.29) is 0 Å². The van der Waals surface area contributed by atoms with E-state index in [1.165, 1.54) is 16.0 Å². The average Bonchev–Trinajstić information content (AvgIpc) is 2.52. The summed E-state index contributed by atoms with van der Waals surface area (Å²) in [5.74, 6) is 1.70. The first-order valence-electron chi connectivity index (χ1n) is 7.68. The minimum atomic E-state index is 0.405. The van der Waals surface area contributed by atoms with Crippen LogP contribution in [-0.4, -0.2) is 12.3 Å². The third-order valence-corrected chi connectivity index (χ3v) is 4.68. The molecule has 0 bridgehead atoms. The SMILES string of the molecule is CC(C)c1ccc(C(C)NCCSc2ccccc2)cc1. The van der Waals surface area contributed by atoms with Gasteiger partial charge in [0, 0.05) is 23.2 Å². The molecule has 0 saturated carbocycles. The van der Waals surface area contributed by atoms with Crippen LogP contribution in [-0.2, 0) is 0 Å². The Balaban J connectivity index is 1.75. The van der Waals surface area contributed by atoms with Gasteiger partial charge in [-0.05, 0) is 36.1 Å². The molecule has 1 atom stereocenters. The van der Waals surface area contributed by atoms with Crippen LogP contribution in [0.1, 0.15) is 43.9 Å². The van der Waals surface area contributed by atoms with Gasteiger partial charge in [-0.25, -0.2) is 0 Å². The lowest BCUT2D eigenvalue weighted by Crippen LogP contribution is -2.21. The molecule has 0 radical (unpaired) electrons. The Labute approximate surface area is 133 Å². The predicted octanol–water partition coefficient (Wildman–Crippen LogP) is 5.25. The minimum absolute atomic E-state index is 0.405. The fourth-order valence-corrected chi connectivity index (χ4v) is 3.05. The second kappa shape index (κ2) is 8.26. The maximum atomic E-state index is 3.60. The standard InChI is InChI=1S/C19H25NS/c1-15(2)17-9-11-18(12-10-17)16(3)20-13-14-21-19-7-5-4-6-8-19/h4-12,15-16,20H,13-14H2,1-3H3. The summed E-state index contributed by atoms with van der Waals surface area (Å²) in [6.45, 7) is 7.72. The summed E-state index contributed by atoms with van der Waals surface area (Å²) in [5, 5.41) is 3.60. The molecule has 0 aromatic heterocycles. The topological polar surface area (TPSA) is 12.0 Å². The highest BCUT2D eigenvalue weighted by Gasteiger charge is 2.05. The van der Waals surface area contributed by atoms with Crippen LogP contribution in [0.4, 0.5) is 0 Å². The van der Waals surface area contributed by atoms with Crippen LogP contribution >= 0.6 is 11.8 Å². The summed E-state index contributed by atoms with van der Waals surface area (Å²) in [7, 11) is 0. The monoisotopic (exact) mass is 299 g/mol. The molecule has 1 nitrogen and oxygen atoms in total. The Kier molecular flexibility index (Phi) is 6.34. The van der Waals surface area contributed by atoms with E-state index in [0.717, 1.165) is 12.3 Å². The van der Waals surface area contributed by atoms with Crippen molar-refractivity contribution in [2.75, 3.05) is 12.3 Å². The first kappa shape index (κ1) is 16.1. The van der Waals surface area contributed by atoms with Gasteiger partial charge in [-0.15, -0.1) is 11.8 Å². The van der Waals surface area contributed by atoms with Crippen LogP contribution in [0.5, 0.6) is 0 Å². The zero-order chi connectivity index (χ0) is 15.1. The van der Waals surface area contributed by atoms with Gasteiger partial charge in [0.15, 0.2) is 0 Å². The largest absolute Gasteiger partial charge is 0.309 e. The molecule has 0 saturated heterocycles. The fraction of sp³-hybridized carbons (Fsp3) is 0.368. The molecule has 0 aliphatic heterocycles. The Morgan fingerprint density at radius 2 is 1.48 bits per heavy atom. The van der Waals surface area contributed by atoms with Crippen LogP contribution in [0.25, 0.3) is 0 Å². The highest BCUT2D eigenvalue weighted by Crippen LogP contribution is 2.19. The highest BCUT2D eigenvalue weighted by molar-refractivity contribution is 7.99. The van der Waals surface area contributed by atoms with E-state index in [9.17, 15) is 0 Å². The number of hydrogen-bond donors (Lipinski definition) is 1. The Morgan fingerprint density at radius 3 is 2.10 bits per heavy atom. The van der Waals surface area contributed by atoms with Gasteiger partial charge in [-0.2, -0.15) is 0 Å². The molecular weight excluding hydrogens is 274 g/mol. The van der Waals surface area contributed by atoms with Crippen molar-refractivity contribution in [3.63, 3.8) is 0 Å². The lowest BCUT2D eigenvalue weighted by molar-refractivity contribution is 0.601. The van der Waals surface area contributed by atoms with Crippen molar-refractivity contribution in [2.24, 2.45) is 0 Å². The molecule has 112 valence electrons. The van der Waals surface area contributed by atoms with E-state index in [0.29, 0.717) is 12.0 Å². The molecule has 2 heteroatoms. The summed E-state index contributed by atoms with van der Waals surface area (Å²) >= 11 is 1.90. The molecule has 2 aromatic carbocycles. The van der Waals surface area contributed by atoms with Gasteiger partial charge in [0.2, 0.25) is 0 Å². The van der Waals surface area contributed by atoms with E-state index in [1.54, 1.807) is 0 Å². The normalized spacial score (nSPS) is 12.6. The molecule has 0 aliphatic carbocycles. The number of nitrogens with one attached hydrogen (secondary N) is 1. The lowest BCUT2D eigenvalue weighted by Gasteiger charge is -2.15. The zero-order valence-electron chi connectivity index (χ0n) is 13.2. The smallest absolute Gasteiger partial charge is 0.0292 e. The second-order valence-corrected chi connectivity index (χ2v) is 6.83. The summed E-state index contributed by atoms with van der Waals surface area (Å²) in [4.78, 5) is 1.34. The van der Waals surface area contributed by atoms with Crippen LogP contribution in [0.3, 0.4) is 0 Å². The summed E-state index contributed by atoms with van der Waals surface area (Å²) in [6, 6.07) is 20.0. The van der Waals surface area contributed by atoms with Crippen LogP contribution < -0.4 is 5.32 Å². The first-order chi connectivity index (χ1) is 10.2. The summed E-state index contributed by atoms with van der Waals surface area (Å²) in [5.41, 5.74) is 2.77. The van der Waals surface area contributed by atoms with Crippen molar-refractivity contribution >= 4 is 11.8 Å². The maximum absolute atomic E-state index is 3.60. The van der Waals surface area contributed by atoms with E-state index in [1.807, 2.05) is 11.8 Å². The minimum Gasteiger partial charge on any atom is -0.309 e. The van der Waals surface area contributed by atoms with E-state index in [2.05, 4.69) is 80.7 Å². The second-order valence-electron chi connectivity index (χ2n) is 5.66. The van der Waals surface area contributed by atoms with Crippen LogP contribution in [0.15, 0.2) is 59.5 Å². The van der Waals surface area contributed by atoms with Gasteiger partial charge in [-0.3, -0.25) is 0 Å². The number of benzene rings is 2. The number of thioether (sulfide) groups is 1. The van der Waals surface area contributed by atoms with Crippen molar-refractivity contribution in [3.05, 3.63) is 65.7 Å². The van der Waals surface area contributed by atoms with E-state index in [4.69, 9.17) is 0 Å². The van der Waals surface area contributed by atoms with Crippen molar-refractivity contribution < 1.29 is 0 Å². The quantitative estimate of drug-likeness (QED) is 0.553. The Morgan fingerprint density at radius 1 is 0.857 bits per heavy atom. The molecule has 2 rings (SSSR count). The molecule has 0 spiro atoms. The van der Waals surface area contributed by atoms with Crippen molar-refractivity contribution in [1.82, 2.24) is 5.32 Å². The first-order valence-corrected chi connectivity index (χ1v) is 8.66. The third kappa shape index (κ3) is 5.22. The van der Waals surface area contributed by atoms with Gasteiger partial charge < -0.3 is 5.32 Å². The van der Waals surface area contributed by atoms with Gasteiger partial charge in [0.1, 0.15) is 0 Å². The highest BCUT2D eigenvalue weighted by atomic mass is 32.2. The molecule has 0 aliphatic rings. The molecule has 0 fully saturated rings. The van der Waals surface area contributed by atoms with Crippen molar-refractivity contribution in [1.29, 1.82) is 0 Å². The Bertz CT molecular complexity index is 519. The fourth-order valence-electron chi connectivity index (χ4n) is 2.25. The average molecular weight is 299 g/mol. The molecule has 2 aromatic rings. The van der Waals surface area contributed by atoms with Crippen molar-refractivity contribution in [3.8, 4) is 0 Å². The molecule has 0 amide bonds. The maximum Gasteiger partial charge on any atom is 0.0292 e. The van der Waals surface area contributed by atoms with Gasteiger partial charge in [0.25, 0.3) is 0 Å². The predicted molar refractivity (Wildman–Crippen MR) is 94.1 cm³/mol. The molecule has 0 heterocycles. The molecule has 1 unspecified atom stereocenters. The van der Waals surface area contributed by atoms with Gasteiger partial charge in [-0.1, -0.05) is 56.3 Å². The van der Waals surface area contributed by atoms with Crippen LogP contribution in [0, 0.1) is 0 Å². The van der Waals surface area contributed by atoms with Crippen LogP contribution in [0.2, 0.25) is 0 Å². The molecular formula is C19H25NS. The number of rotatable bonds is 7. The lowest BCUT2D eigenvalue weighted by atomic mass is 10.00. The van der Waals surface area contributed by atoms with E-state index < -0.39 is 0 Å². The van der Waals surface area contributed by atoms with Gasteiger partial charge in [0.05, 0.1) is 0 Å². The van der Waals surface area contributed by atoms with E-state index >= 15 is 0 Å².